The Balaban J connectivity index is 2.49. The normalized spacial score (nSPS) is 24.6. The molecule has 80 valence electrons. The molecule has 1 rings (SSSR count). The largest absolute Gasteiger partial charge is 0.369 e. The van der Waals surface area contributed by atoms with E-state index in [9.17, 15) is 9.59 Å². The maximum absolute atomic E-state index is 11.2. The van der Waals surface area contributed by atoms with Crippen LogP contribution in [-0.4, -0.2) is 35.8 Å². The lowest BCUT2D eigenvalue weighted by atomic mass is 10.1. The Morgan fingerprint density at radius 1 is 1.57 bits per heavy atom. The van der Waals surface area contributed by atoms with Crippen LogP contribution in [0.4, 0.5) is 0 Å². The fourth-order valence-electron chi connectivity index (χ4n) is 1.66. The van der Waals surface area contributed by atoms with Crippen molar-refractivity contribution in [2.75, 3.05) is 13.1 Å². The van der Waals surface area contributed by atoms with Gasteiger partial charge in [-0.1, -0.05) is 0 Å². The zero-order valence-electron chi connectivity index (χ0n) is 8.19. The SMILES string of the molecule is CC(C(=O)NN)N1CCC(C(N)=O)C1. The van der Waals surface area contributed by atoms with Gasteiger partial charge in [0.2, 0.25) is 5.91 Å². The van der Waals surface area contributed by atoms with Crippen LogP contribution >= 0.6 is 0 Å². The Bertz CT molecular complexity index is 243. The summed E-state index contributed by atoms with van der Waals surface area (Å²) in [6, 6.07) is -0.302. The lowest BCUT2D eigenvalue weighted by molar-refractivity contribution is -0.126. The number of nitrogens with zero attached hydrogens (tertiary/aromatic N) is 1. The third kappa shape index (κ3) is 2.21. The minimum atomic E-state index is -0.302. The molecule has 1 aliphatic rings. The Morgan fingerprint density at radius 2 is 2.21 bits per heavy atom. The highest BCUT2D eigenvalue weighted by molar-refractivity contribution is 5.81. The average molecular weight is 200 g/mol. The summed E-state index contributed by atoms with van der Waals surface area (Å²) >= 11 is 0. The molecule has 5 N–H and O–H groups in total. The number of hydrogen-bond donors (Lipinski definition) is 3. The lowest BCUT2D eigenvalue weighted by Crippen LogP contribution is -2.46. The second kappa shape index (κ2) is 4.39. The molecule has 0 aromatic rings. The lowest BCUT2D eigenvalue weighted by Gasteiger charge is -2.21. The fourth-order valence-corrected chi connectivity index (χ4v) is 1.66. The van der Waals surface area contributed by atoms with Crippen LogP contribution in [0.15, 0.2) is 0 Å². The smallest absolute Gasteiger partial charge is 0.250 e. The van der Waals surface area contributed by atoms with Gasteiger partial charge in [-0.3, -0.25) is 19.9 Å². The van der Waals surface area contributed by atoms with Crippen molar-refractivity contribution in [2.24, 2.45) is 17.5 Å². The summed E-state index contributed by atoms with van der Waals surface area (Å²) in [6.45, 7) is 3.01. The number of nitrogens with two attached hydrogens (primary N) is 2. The molecule has 0 bridgehead atoms. The van der Waals surface area contributed by atoms with Crippen LogP contribution in [0.2, 0.25) is 0 Å². The first-order valence-corrected chi connectivity index (χ1v) is 4.60. The Morgan fingerprint density at radius 3 is 2.64 bits per heavy atom. The van der Waals surface area contributed by atoms with E-state index in [0.717, 1.165) is 6.42 Å². The van der Waals surface area contributed by atoms with Crippen LogP contribution < -0.4 is 17.0 Å². The van der Waals surface area contributed by atoms with Gasteiger partial charge in [-0.25, -0.2) is 5.84 Å². The van der Waals surface area contributed by atoms with Crippen molar-refractivity contribution >= 4 is 11.8 Å². The first-order valence-electron chi connectivity index (χ1n) is 4.60. The van der Waals surface area contributed by atoms with E-state index >= 15 is 0 Å². The van der Waals surface area contributed by atoms with E-state index in [1.54, 1.807) is 6.92 Å². The Hall–Kier alpha value is -1.14. The van der Waals surface area contributed by atoms with Gasteiger partial charge < -0.3 is 5.73 Å². The highest BCUT2D eigenvalue weighted by Crippen LogP contribution is 2.17. The summed E-state index contributed by atoms with van der Waals surface area (Å²) in [5.74, 6) is 4.34. The van der Waals surface area contributed by atoms with E-state index in [1.165, 1.54) is 0 Å². The van der Waals surface area contributed by atoms with Crippen molar-refractivity contribution in [1.82, 2.24) is 10.3 Å². The van der Waals surface area contributed by atoms with Crippen molar-refractivity contribution in [1.29, 1.82) is 0 Å². The Kier molecular flexibility index (Phi) is 3.43. The number of amides is 2. The minimum absolute atomic E-state index is 0.136. The number of primary amides is 1. The molecule has 6 heteroatoms. The number of nitrogens with one attached hydrogen (secondary N) is 1. The van der Waals surface area contributed by atoms with E-state index < -0.39 is 0 Å². The summed E-state index contributed by atoms with van der Waals surface area (Å²) in [4.78, 5) is 24.0. The maximum Gasteiger partial charge on any atom is 0.250 e. The minimum Gasteiger partial charge on any atom is -0.369 e. The molecule has 0 saturated carbocycles. The molecule has 0 aliphatic carbocycles. The Labute approximate surface area is 82.6 Å². The van der Waals surface area contributed by atoms with Crippen LogP contribution in [0.25, 0.3) is 0 Å². The first kappa shape index (κ1) is 10.9. The van der Waals surface area contributed by atoms with Crippen molar-refractivity contribution < 1.29 is 9.59 Å². The van der Waals surface area contributed by atoms with Crippen molar-refractivity contribution in [3.05, 3.63) is 0 Å². The summed E-state index contributed by atoms with van der Waals surface area (Å²) < 4.78 is 0. The third-order valence-electron chi connectivity index (χ3n) is 2.69. The van der Waals surface area contributed by atoms with Crippen LogP contribution in [0.3, 0.4) is 0 Å². The third-order valence-corrected chi connectivity index (χ3v) is 2.69. The second-order valence-corrected chi connectivity index (χ2v) is 3.57. The molecule has 2 atom stereocenters. The van der Waals surface area contributed by atoms with E-state index in [-0.39, 0.29) is 23.8 Å². The van der Waals surface area contributed by atoms with Crippen molar-refractivity contribution in [3.8, 4) is 0 Å². The quantitative estimate of drug-likeness (QED) is 0.283. The van der Waals surface area contributed by atoms with Crippen LogP contribution in [0.1, 0.15) is 13.3 Å². The molecule has 14 heavy (non-hydrogen) atoms. The average Bonchev–Trinajstić information content (AvgIpc) is 2.64. The molecule has 0 spiro atoms. The highest BCUT2D eigenvalue weighted by Gasteiger charge is 2.31. The molecular weight excluding hydrogens is 184 g/mol. The van der Waals surface area contributed by atoms with Gasteiger partial charge in [-0.15, -0.1) is 0 Å². The van der Waals surface area contributed by atoms with Crippen LogP contribution in [-0.2, 0) is 9.59 Å². The van der Waals surface area contributed by atoms with Gasteiger partial charge in [0.05, 0.1) is 12.0 Å². The standard InChI is InChI=1S/C8H16N4O2/c1-5(8(14)11-10)12-3-2-6(4-12)7(9)13/h5-6H,2-4,10H2,1H3,(H2,9,13)(H,11,14). The number of carbonyl (C=O) groups is 2. The van der Waals surface area contributed by atoms with Gasteiger partial charge in [0.25, 0.3) is 5.91 Å². The zero-order valence-corrected chi connectivity index (χ0v) is 8.19. The van der Waals surface area contributed by atoms with E-state index in [2.05, 4.69) is 5.43 Å². The summed E-state index contributed by atoms with van der Waals surface area (Å²) in [6.07, 6.45) is 0.720. The van der Waals surface area contributed by atoms with Gasteiger partial charge in [0.15, 0.2) is 0 Å². The second-order valence-electron chi connectivity index (χ2n) is 3.57. The van der Waals surface area contributed by atoms with Crippen LogP contribution in [0, 0.1) is 5.92 Å². The predicted octanol–water partition coefficient (Wildman–Crippen LogP) is -1.83. The molecule has 0 aromatic heterocycles. The monoisotopic (exact) mass is 200 g/mol. The first-order chi connectivity index (χ1) is 6.56. The number of hydrazine groups is 1. The number of likely N-dealkylation sites (tertiary alicyclic amines) is 1. The highest BCUT2D eigenvalue weighted by atomic mass is 16.2. The van der Waals surface area contributed by atoms with Gasteiger partial charge in [-0.05, 0) is 19.9 Å². The molecule has 1 heterocycles. The van der Waals surface area contributed by atoms with Gasteiger partial charge in [0, 0.05) is 6.54 Å². The summed E-state index contributed by atoms with van der Waals surface area (Å²) in [5, 5.41) is 0. The zero-order chi connectivity index (χ0) is 10.7. The van der Waals surface area contributed by atoms with Crippen molar-refractivity contribution in [3.63, 3.8) is 0 Å². The van der Waals surface area contributed by atoms with Gasteiger partial charge in [0.1, 0.15) is 0 Å². The van der Waals surface area contributed by atoms with E-state index in [0.29, 0.717) is 13.1 Å². The number of hydrogen-bond acceptors (Lipinski definition) is 4. The van der Waals surface area contributed by atoms with Gasteiger partial charge in [-0.2, -0.15) is 0 Å². The van der Waals surface area contributed by atoms with Crippen LogP contribution in [0.5, 0.6) is 0 Å². The summed E-state index contributed by atoms with van der Waals surface area (Å²) in [7, 11) is 0. The van der Waals surface area contributed by atoms with Gasteiger partial charge >= 0.3 is 0 Å². The van der Waals surface area contributed by atoms with E-state index in [1.807, 2.05) is 4.90 Å². The molecule has 1 saturated heterocycles. The maximum atomic E-state index is 11.2. The van der Waals surface area contributed by atoms with Crippen molar-refractivity contribution in [2.45, 2.75) is 19.4 Å². The molecular formula is C8H16N4O2. The van der Waals surface area contributed by atoms with E-state index in [4.69, 9.17) is 11.6 Å². The molecule has 0 radical (unpaired) electrons. The molecule has 0 aromatic carbocycles. The molecule has 2 amide bonds. The molecule has 1 aliphatic heterocycles. The number of carbonyl (C=O) groups excluding carboxylic acids is 2. The topological polar surface area (TPSA) is 101 Å². The molecule has 6 nitrogen and oxygen atoms in total. The predicted molar refractivity (Wildman–Crippen MR) is 50.7 cm³/mol. The fraction of sp³-hybridized carbons (Fsp3) is 0.750. The number of rotatable bonds is 3. The molecule has 2 unspecified atom stereocenters. The summed E-state index contributed by atoms with van der Waals surface area (Å²) in [5.41, 5.74) is 7.27. The molecule has 1 fully saturated rings.